The van der Waals surface area contributed by atoms with Crippen molar-refractivity contribution >= 4 is 11.9 Å². The summed E-state index contributed by atoms with van der Waals surface area (Å²) in [5.74, 6) is 8.41. The number of nitrogens with one attached hydrogen (secondary N) is 2. The number of rotatable bonds is 14. The zero-order chi connectivity index (χ0) is 19.8. The number of carboxylic acids is 2. The van der Waals surface area contributed by atoms with Gasteiger partial charge in [-0.3, -0.25) is 32.1 Å². The van der Waals surface area contributed by atoms with Gasteiger partial charge in [0.2, 0.25) is 0 Å². The summed E-state index contributed by atoms with van der Waals surface area (Å²) in [5.41, 5.74) is 5.14. The third kappa shape index (κ3) is 45.0. The predicted molar refractivity (Wildman–Crippen MR) is 102 cm³/mol. The molecule has 0 spiro atoms. The number of nitrogens with two attached hydrogens (primary N) is 2. The van der Waals surface area contributed by atoms with Crippen LogP contribution in [0.15, 0.2) is 0 Å². The summed E-state index contributed by atoms with van der Waals surface area (Å²) in [6.07, 6.45) is 9.31. The number of hydrogen-bond acceptors (Lipinski definition) is 6. The van der Waals surface area contributed by atoms with Crippen molar-refractivity contribution in [2.24, 2.45) is 11.7 Å². The Morgan fingerprint density at radius 2 is 1.00 bits per heavy atom. The Balaban J connectivity index is -0.000000336. The van der Waals surface area contributed by atoms with E-state index in [9.17, 15) is 9.59 Å². The molecule has 0 aliphatic carbocycles. The van der Waals surface area contributed by atoms with Gasteiger partial charge >= 0.3 is 11.9 Å². The minimum atomic E-state index is -0.759. The number of hydrogen-bond donors (Lipinski definition) is 6. The maximum atomic E-state index is 10.1. The van der Waals surface area contributed by atoms with E-state index in [0.717, 1.165) is 32.4 Å². The van der Waals surface area contributed by atoms with Gasteiger partial charge in [-0.1, -0.05) is 46.0 Å². The van der Waals surface area contributed by atoms with E-state index in [1.807, 2.05) is 0 Å². The van der Waals surface area contributed by atoms with Crippen LogP contribution in [-0.4, -0.2) is 35.2 Å². The average molecular weight is 365 g/mol. The number of hydrazine groups is 2. The highest BCUT2D eigenvalue weighted by atomic mass is 16.4. The maximum Gasteiger partial charge on any atom is 0.303 e. The number of carboxylic acid groups (broad SMARTS) is 2. The van der Waals surface area contributed by atoms with Gasteiger partial charge in [-0.2, -0.15) is 0 Å². The van der Waals surface area contributed by atoms with Gasteiger partial charge < -0.3 is 10.2 Å². The standard InChI is InChI=1S/C9H16O4.2C4H12N2/c10-8(11)6-4-2-1-3-5-7-9(12)13;2*1-2-3-4-6-5/h1-7H2,(H,10,11)(H,12,13);2*6H,2-5H2,1H3. The van der Waals surface area contributed by atoms with Crippen molar-refractivity contribution in [1.82, 2.24) is 10.9 Å². The Hall–Kier alpha value is -1.22. The van der Waals surface area contributed by atoms with Crippen LogP contribution in [0.1, 0.15) is 84.5 Å². The monoisotopic (exact) mass is 364 g/mol. The van der Waals surface area contributed by atoms with E-state index in [1.165, 1.54) is 25.7 Å². The van der Waals surface area contributed by atoms with E-state index in [4.69, 9.17) is 21.9 Å². The second kappa shape index (κ2) is 27.6. The van der Waals surface area contributed by atoms with Gasteiger partial charge in [-0.05, 0) is 25.7 Å². The smallest absolute Gasteiger partial charge is 0.303 e. The fraction of sp³-hybridized carbons (Fsp3) is 0.882. The molecule has 152 valence electrons. The van der Waals surface area contributed by atoms with Crippen LogP contribution in [0.4, 0.5) is 0 Å². The number of carbonyl (C=O) groups is 2. The van der Waals surface area contributed by atoms with Gasteiger partial charge in [0.15, 0.2) is 0 Å². The first-order valence-electron chi connectivity index (χ1n) is 9.26. The zero-order valence-electron chi connectivity index (χ0n) is 16.1. The molecular formula is C17H40N4O4. The van der Waals surface area contributed by atoms with Gasteiger partial charge in [-0.25, -0.2) is 0 Å². The third-order valence-electron chi connectivity index (χ3n) is 3.13. The molecule has 0 aliphatic rings. The molecule has 0 heterocycles. The highest BCUT2D eigenvalue weighted by Gasteiger charge is 1.98. The number of aliphatic carboxylic acids is 2. The molecule has 0 aromatic carbocycles. The lowest BCUT2D eigenvalue weighted by molar-refractivity contribution is -0.138. The van der Waals surface area contributed by atoms with Crippen LogP contribution < -0.4 is 22.5 Å². The molecule has 25 heavy (non-hydrogen) atoms. The summed E-state index contributed by atoms with van der Waals surface area (Å²) >= 11 is 0. The molecule has 8 heteroatoms. The largest absolute Gasteiger partial charge is 0.481 e. The van der Waals surface area contributed by atoms with E-state index < -0.39 is 11.9 Å². The first-order valence-corrected chi connectivity index (χ1v) is 9.26. The molecule has 0 atom stereocenters. The molecule has 0 aromatic heterocycles. The first kappa shape index (κ1) is 28.6. The van der Waals surface area contributed by atoms with Gasteiger partial charge in [0.25, 0.3) is 0 Å². The van der Waals surface area contributed by atoms with Crippen LogP contribution in [0.2, 0.25) is 0 Å². The Labute approximate surface area is 152 Å². The fourth-order valence-electron chi connectivity index (χ4n) is 1.64. The van der Waals surface area contributed by atoms with Gasteiger partial charge in [0.05, 0.1) is 0 Å². The highest BCUT2D eigenvalue weighted by molar-refractivity contribution is 5.66. The zero-order valence-corrected chi connectivity index (χ0v) is 16.1. The Morgan fingerprint density at radius 3 is 1.20 bits per heavy atom. The lowest BCUT2D eigenvalue weighted by Gasteiger charge is -1.97. The topological polar surface area (TPSA) is 151 Å². The molecule has 8 N–H and O–H groups in total. The molecule has 0 saturated carbocycles. The molecule has 0 saturated heterocycles. The minimum absolute atomic E-state index is 0.221. The summed E-state index contributed by atoms with van der Waals surface area (Å²) in [5, 5.41) is 16.6. The summed E-state index contributed by atoms with van der Waals surface area (Å²) in [7, 11) is 0. The van der Waals surface area contributed by atoms with Crippen LogP contribution in [0.25, 0.3) is 0 Å². The molecule has 0 aromatic rings. The van der Waals surface area contributed by atoms with E-state index in [-0.39, 0.29) is 12.8 Å². The molecular weight excluding hydrogens is 324 g/mol. The molecule has 0 aliphatic heterocycles. The van der Waals surface area contributed by atoms with Crippen LogP contribution in [0, 0.1) is 0 Å². The molecule has 0 unspecified atom stereocenters. The molecule has 0 amide bonds. The van der Waals surface area contributed by atoms with Crippen LogP contribution in [0.3, 0.4) is 0 Å². The highest BCUT2D eigenvalue weighted by Crippen LogP contribution is 2.06. The van der Waals surface area contributed by atoms with Crippen molar-refractivity contribution in [3.8, 4) is 0 Å². The molecule has 0 radical (unpaired) electrons. The molecule has 0 bridgehead atoms. The third-order valence-corrected chi connectivity index (χ3v) is 3.13. The second-order valence-corrected chi connectivity index (χ2v) is 5.67. The van der Waals surface area contributed by atoms with Gasteiger partial charge in [0.1, 0.15) is 0 Å². The summed E-state index contributed by atoms with van der Waals surface area (Å²) in [6, 6.07) is 0. The fourth-order valence-corrected chi connectivity index (χ4v) is 1.64. The Kier molecular flexibility index (Phi) is 31.6. The lowest BCUT2D eigenvalue weighted by atomic mass is 10.1. The van der Waals surface area contributed by atoms with Crippen LogP contribution in [-0.2, 0) is 9.59 Å². The Bertz CT molecular complexity index is 245. The molecule has 0 fully saturated rings. The average Bonchev–Trinajstić information content (AvgIpc) is 2.58. The van der Waals surface area contributed by atoms with Crippen LogP contribution >= 0.6 is 0 Å². The van der Waals surface area contributed by atoms with Crippen molar-refractivity contribution in [3.63, 3.8) is 0 Å². The van der Waals surface area contributed by atoms with E-state index in [0.29, 0.717) is 12.8 Å². The van der Waals surface area contributed by atoms with Crippen LogP contribution in [0.5, 0.6) is 0 Å². The Morgan fingerprint density at radius 1 is 0.680 bits per heavy atom. The maximum absolute atomic E-state index is 10.1. The van der Waals surface area contributed by atoms with E-state index in [2.05, 4.69) is 24.7 Å². The predicted octanol–water partition coefficient (Wildman–Crippen LogP) is 2.39. The normalized spacial score (nSPS) is 9.44. The SMILES string of the molecule is CCCCNN.CCCCNN.O=C(O)CCCCCCCC(=O)O. The van der Waals surface area contributed by atoms with Crippen molar-refractivity contribution < 1.29 is 19.8 Å². The second-order valence-electron chi connectivity index (χ2n) is 5.67. The van der Waals surface area contributed by atoms with Crippen molar-refractivity contribution in [1.29, 1.82) is 0 Å². The minimum Gasteiger partial charge on any atom is -0.481 e. The summed E-state index contributed by atoms with van der Waals surface area (Å²) in [6.45, 7) is 6.15. The lowest BCUT2D eigenvalue weighted by Crippen LogP contribution is -2.22. The van der Waals surface area contributed by atoms with Gasteiger partial charge in [0, 0.05) is 25.9 Å². The van der Waals surface area contributed by atoms with E-state index >= 15 is 0 Å². The van der Waals surface area contributed by atoms with E-state index in [1.54, 1.807) is 0 Å². The van der Waals surface area contributed by atoms with Crippen molar-refractivity contribution in [3.05, 3.63) is 0 Å². The molecule has 8 nitrogen and oxygen atoms in total. The van der Waals surface area contributed by atoms with Gasteiger partial charge in [-0.15, -0.1) is 0 Å². The summed E-state index contributed by atoms with van der Waals surface area (Å²) < 4.78 is 0. The molecule has 0 rings (SSSR count). The quantitative estimate of drug-likeness (QED) is 0.156. The van der Waals surface area contributed by atoms with Crippen molar-refractivity contribution in [2.45, 2.75) is 84.5 Å². The van der Waals surface area contributed by atoms with Crippen molar-refractivity contribution in [2.75, 3.05) is 13.1 Å². The number of unbranched alkanes of at least 4 members (excludes halogenated alkanes) is 6. The summed E-state index contributed by atoms with van der Waals surface area (Å²) in [4.78, 5) is 20.2. The first-order chi connectivity index (χ1) is 12.0.